The molecule has 0 amide bonds. The summed E-state index contributed by atoms with van der Waals surface area (Å²) in [5.74, 6) is 0.785. The van der Waals surface area contributed by atoms with Gasteiger partial charge in [-0.2, -0.15) is 0 Å². The second-order valence-corrected chi connectivity index (χ2v) is 5.14. The zero-order chi connectivity index (χ0) is 10.7. The minimum absolute atomic E-state index is 0.785. The molecule has 2 saturated heterocycles. The molecule has 2 aliphatic heterocycles. The van der Waals surface area contributed by atoms with E-state index in [2.05, 4.69) is 29.5 Å². The zero-order valence-electron chi connectivity index (χ0n) is 9.99. The standard InChI is InChI=1S/C13H24N2/c1-3-12-4-10-15(11-5-12)13-6-8-14(2)9-7-13/h3,12-13H,1,4-11H2,2H3. The van der Waals surface area contributed by atoms with E-state index in [9.17, 15) is 0 Å². The molecule has 0 aromatic rings. The molecule has 0 aromatic carbocycles. The van der Waals surface area contributed by atoms with E-state index in [4.69, 9.17) is 0 Å². The van der Waals surface area contributed by atoms with Gasteiger partial charge in [0.15, 0.2) is 0 Å². The van der Waals surface area contributed by atoms with Crippen molar-refractivity contribution in [1.29, 1.82) is 0 Å². The van der Waals surface area contributed by atoms with Gasteiger partial charge in [0, 0.05) is 6.04 Å². The van der Waals surface area contributed by atoms with Crippen molar-refractivity contribution in [1.82, 2.24) is 9.80 Å². The summed E-state index contributed by atoms with van der Waals surface area (Å²) in [5, 5.41) is 0. The predicted octanol–water partition coefficient (Wildman–Crippen LogP) is 1.98. The van der Waals surface area contributed by atoms with E-state index in [0.29, 0.717) is 0 Å². The van der Waals surface area contributed by atoms with Crippen LogP contribution in [0.15, 0.2) is 12.7 Å². The van der Waals surface area contributed by atoms with Crippen molar-refractivity contribution in [2.45, 2.75) is 31.7 Å². The Labute approximate surface area is 93.9 Å². The minimum Gasteiger partial charge on any atom is -0.306 e. The molecule has 0 radical (unpaired) electrons. The summed E-state index contributed by atoms with van der Waals surface area (Å²) in [6.45, 7) is 9.07. The summed E-state index contributed by atoms with van der Waals surface area (Å²) in [6.07, 6.45) is 7.54. The van der Waals surface area contributed by atoms with Gasteiger partial charge < -0.3 is 9.80 Å². The van der Waals surface area contributed by atoms with Crippen molar-refractivity contribution < 1.29 is 0 Å². The lowest BCUT2D eigenvalue weighted by atomic mass is 9.94. The van der Waals surface area contributed by atoms with Crippen LogP contribution < -0.4 is 0 Å². The fourth-order valence-corrected chi connectivity index (χ4v) is 2.88. The van der Waals surface area contributed by atoms with Gasteiger partial charge in [0.05, 0.1) is 0 Å². The fourth-order valence-electron chi connectivity index (χ4n) is 2.88. The van der Waals surface area contributed by atoms with E-state index < -0.39 is 0 Å². The highest BCUT2D eigenvalue weighted by Gasteiger charge is 2.26. The van der Waals surface area contributed by atoms with Gasteiger partial charge in [-0.05, 0) is 64.8 Å². The molecule has 0 atom stereocenters. The lowest BCUT2D eigenvalue weighted by Gasteiger charge is -2.40. The summed E-state index contributed by atoms with van der Waals surface area (Å²) in [6, 6.07) is 0.868. The molecule has 0 aromatic heterocycles. The number of rotatable bonds is 2. The van der Waals surface area contributed by atoms with Crippen molar-refractivity contribution in [2.24, 2.45) is 5.92 Å². The molecule has 2 heterocycles. The molecule has 2 heteroatoms. The first-order valence-corrected chi connectivity index (χ1v) is 6.34. The third kappa shape index (κ3) is 2.82. The number of likely N-dealkylation sites (tertiary alicyclic amines) is 2. The Balaban J connectivity index is 1.78. The van der Waals surface area contributed by atoms with Crippen LogP contribution in [0.25, 0.3) is 0 Å². The maximum Gasteiger partial charge on any atom is 0.0120 e. The highest BCUT2D eigenvalue weighted by atomic mass is 15.2. The van der Waals surface area contributed by atoms with Gasteiger partial charge in [0.2, 0.25) is 0 Å². The molecule has 86 valence electrons. The predicted molar refractivity (Wildman–Crippen MR) is 65.0 cm³/mol. The molecule has 2 rings (SSSR count). The number of nitrogens with zero attached hydrogens (tertiary/aromatic N) is 2. The van der Waals surface area contributed by atoms with Crippen molar-refractivity contribution in [2.75, 3.05) is 33.2 Å². The molecule has 0 aliphatic carbocycles. The van der Waals surface area contributed by atoms with Gasteiger partial charge in [0.25, 0.3) is 0 Å². The zero-order valence-corrected chi connectivity index (χ0v) is 9.99. The normalized spacial score (nSPS) is 28.1. The molecule has 0 unspecified atom stereocenters. The fraction of sp³-hybridized carbons (Fsp3) is 0.846. The van der Waals surface area contributed by atoms with E-state index in [-0.39, 0.29) is 0 Å². The average molecular weight is 208 g/mol. The van der Waals surface area contributed by atoms with Crippen molar-refractivity contribution in [3.8, 4) is 0 Å². The van der Waals surface area contributed by atoms with Gasteiger partial charge in [0.1, 0.15) is 0 Å². The highest BCUT2D eigenvalue weighted by molar-refractivity contribution is 4.87. The van der Waals surface area contributed by atoms with Crippen molar-refractivity contribution in [3.05, 3.63) is 12.7 Å². The first kappa shape index (κ1) is 11.2. The number of hydrogen-bond acceptors (Lipinski definition) is 2. The quantitative estimate of drug-likeness (QED) is 0.640. The van der Waals surface area contributed by atoms with E-state index >= 15 is 0 Å². The third-order valence-electron chi connectivity index (χ3n) is 4.11. The molecule has 0 bridgehead atoms. The molecule has 2 nitrogen and oxygen atoms in total. The molecule has 15 heavy (non-hydrogen) atoms. The third-order valence-corrected chi connectivity index (χ3v) is 4.11. The first-order chi connectivity index (χ1) is 7.29. The van der Waals surface area contributed by atoms with Crippen LogP contribution in [0, 0.1) is 5.92 Å². The van der Waals surface area contributed by atoms with Crippen LogP contribution in [0.5, 0.6) is 0 Å². The number of hydrogen-bond donors (Lipinski definition) is 0. The molecule has 2 aliphatic rings. The van der Waals surface area contributed by atoms with Crippen molar-refractivity contribution in [3.63, 3.8) is 0 Å². The second kappa shape index (κ2) is 5.13. The SMILES string of the molecule is C=CC1CCN(C2CCN(C)CC2)CC1. The smallest absolute Gasteiger partial charge is 0.0120 e. The Morgan fingerprint density at radius 3 is 2.13 bits per heavy atom. The summed E-state index contributed by atoms with van der Waals surface area (Å²) in [7, 11) is 2.24. The second-order valence-electron chi connectivity index (χ2n) is 5.14. The van der Waals surface area contributed by atoms with Crippen molar-refractivity contribution >= 4 is 0 Å². The van der Waals surface area contributed by atoms with Gasteiger partial charge in [-0.25, -0.2) is 0 Å². The Bertz CT molecular complexity index is 199. The minimum atomic E-state index is 0.785. The highest BCUT2D eigenvalue weighted by Crippen LogP contribution is 2.23. The lowest BCUT2D eigenvalue weighted by Crippen LogP contribution is -2.46. The summed E-state index contributed by atoms with van der Waals surface area (Å²) in [4.78, 5) is 5.17. The van der Waals surface area contributed by atoms with Gasteiger partial charge >= 0.3 is 0 Å². The number of allylic oxidation sites excluding steroid dienone is 1. The van der Waals surface area contributed by atoms with Crippen LogP contribution in [0.1, 0.15) is 25.7 Å². The molecule has 2 fully saturated rings. The Morgan fingerprint density at radius 1 is 1.00 bits per heavy atom. The summed E-state index contributed by atoms with van der Waals surface area (Å²) >= 11 is 0. The molecular weight excluding hydrogens is 184 g/mol. The van der Waals surface area contributed by atoms with E-state index in [1.165, 1.54) is 51.9 Å². The average Bonchev–Trinajstić information content (AvgIpc) is 2.30. The van der Waals surface area contributed by atoms with Crippen LogP contribution in [-0.4, -0.2) is 49.1 Å². The molecule has 0 saturated carbocycles. The van der Waals surface area contributed by atoms with Gasteiger partial charge in [-0.1, -0.05) is 6.08 Å². The van der Waals surface area contributed by atoms with E-state index in [1.54, 1.807) is 0 Å². The van der Waals surface area contributed by atoms with Crippen LogP contribution in [-0.2, 0) is 0 Å². The molecule has 0 spiro atoms. The first-order valence-electron chi connectivity index (χ1n) is 6.34. The molecular formula is C13H24N2. The summed E-state index contributed by atoms with van der Waals surface area (Å²) < 4.78 is 0. The number of piperidine rings is 2. The molecule has 0 N–H and O–H groups in total. The Hall–Kier alpha value is -0.340. The monoisotopic (exact) mass is 208 g/mol. The largest absolute Gasteiger partial charge is 0.306 e. The van der Waals surface area contributed by atoms with Crippen LogP contribution in [0.2, 0.25) is 0 Å². The van der Waals surface area contributed by atoms with E-state index in [1.807, 2.05) is 0 Å². The van der Waals surface area contributed by atoms with Crippen LogP contribution >= 0.6 is 0 Å². The Kier molecular flexibility index (Phi) is 3.81. The van der Waals surface area contributed by atoms with Gasteiger partial charge in [-0.3, -0.25) is 0 Å². The Morgan fingerprint density at radius 2 is 1.60 bits per heavy atom. The lowest BCUT2D eigenvalue weighted by molar-refractivity contribution is 0.0929. The summed E-state index contributed by atoms with van der Waals surface area (Å²) in [5.41, 5.74) is 0. The topological polar surface area (TPSA) is 6.48 Å². The van der Waals surface area contributed by atoms with Crippen LogP contribution in [0.3, 0.4) is 0 Å². The maximum absolute atomic E-state index is 3.91. The van der Waals surface area contributed by atoms with Gasteiger partial charge in [-0.15, -0.1) is 6.58 Å². The maximum atomic E-state index is 3.91. The van der Waals surface area contributed by atoms with E-state index in [0.717, 1.165) is 12.0 Å². The van der Waals surface area contributed by atoms with Crippen LogP contribution in [0.4, 0.5) is 0 Å².